The van der Waals surface area contributed by atoms with Crippen LogP contribution >= 0.6 is 0 Å². The molecule has 0 atom stereocenters. The molecule has 0 bridgehead atoms. The van der Waals surface area contributed by atoms with Gasteiger partial charge in [0.25, 0.3) is 17.5 Å². The van der Waals surface area contributed by atoms with E-state index < -0.39 is 10.8 Å². The zero-order valence-electron chi connectivity index (χ0n) is 18.7. The summed E-state index contributed by atoms with van der Waals surface area (Å²) in [5.74, 6) is -0.819. The minimum Gasteiger partial charge on any atom is -0.336 e. The first kappa shape index (κ1) is 21.6. The number of nitro benzene ring substituents is 1. The molecule has 2 aliphatic heterocycles. The molecule has 2 amide bonds. The van der Waals surface area contributed by atoms with Gasteiger partial charge in [-0.15, -0.1) is 0 Å². The number of benzene rings is 3. The van der Waals surface area contributed by atoms with Gasteiger partial charge in [0, 0.05) is 24.4 Å². The Balaban J connectivity index is 1.66. The number of carbonyl (C=O) groups is 2. The van der Waals surface area contributed by atoms with E-state index in [1.54, 1.807) is 12.1 Å². The normalized spacial score (nSPS) is 15.7. The SMILES string of the molecule is CCc1ccc(N2C(=O)C(c3ccc([N+](=O)[O-])cc3)=C(N3CCCc4ccccc43)C2=O)cc1. The Labute approximate surface area is 197 Å². The van der Waals surface area contributed by atoms with Gasteiger partial charge in [0.15, 0.2) is 0 Å². The van der Waals surface area contributed by atoms with Gasteiger partial charge in [-0.2, -0.15) is 0 Å². The fourth-order valence-corrected chi connectivity index (χ4v) is 4.66. The molecule has 0 aromatic heterocycles. The van der Waals surface area contributed by atoms with Crippen LogP contribution in [0, 0.1) is 10.1 Å². The monoisotopic (exact) mass is 453 g/mol. The molecule has 2 heterocycles. The maximum Gasteiger partial charge on any atom is 0.282 e. The summed E-state index contributed by atoms with van der Waals surface area (Å²) in [5.41, 5.74) is 4.63. The Bertz CT molecular complexity index is 1330. The van der Waals surface area contributed by atoms with Crippen LogP contribution in [0.25, 0.3) is 5.57 Å². The molecule has 0 saturated heterocycles. The van der Waals surface area contributed by atoms with E-state index in [-0.39, 0.29) is 17.2 Å². The smallest absolute Gasteiger partial charge is 0.282 e. The van der Waals surface area contributed by atoms with Gasteiger partial charge in [0.2, 0.25) is 0 Å². The van der Waals surface area contributed by atoms with E-state index in [4.69, 9.17) is 0 Å². The number of hydrogen-bond acceptors (Lipinski definition) is 5. The van der Waals surface area contributed by atoms with Crippen LogP contribution in [0.2, 0.25) is 0 Å². The minimum atomic E-state index is -0.483. The number of imide groups is 1. The predicted molar refractivity (Wildman–Crippen MR) is 130 cm³/mol. The highest BCUT2D eigenvalue weighted by molar-refractivity contribution is 6.46. The third-order valence-electron chi connectivity index (χ3n) is 6.41. The molecule has 2 aliphatic rings. The number of non-ortho nitro benzene ring substituents is 1. The van der Waals surface area contributed by atoms with Crippen molar-refractivity contribution in [2.75, 3.05) is 16.3 Å². The summed E-state index contributed by atoms with van der Waals surface area (Å²) in [6.45, 7) is 2.64. The second-order valence-corrected chi connectivity index (χ2v) is 8.38. The molecule has 0 saturated carbocycles. The van der Waals surface area contributed by atoms with Gasteiger partial charge in [-0.25, -0.2) is 4.90 Å². The van der Waals surface area contributed by atoms with E-state index in [1.165, 1.54) is 29.2 Å². The Kier molecular flexibility index (Phi) is 5.45. The summed E-state index contributed by atoms with van der Waals surface area (Å²) in [4.78, 5) is 41.4. The lowest BCUT2D eigenvalue weighted by molar-refractivity contribution is -0.384. The number of fused-ring (bicyclic) bond motifs is 1. The number of rotatable bonds is 5. The van der Waals surface area contributed by atoms with Gasteiger partial charge in [-0.1, -0.05) is 37.3 Å². The highest BCUT2D eigenvalue weighted by Crippen LogP contribution is 2.39. The number of carbonyl (C=O) groups excluding carboxylic acids is 2. The van der Waals surface area contributed by atoms with Crippen LogP contribution in [-0.2, 0) is 22.4 Å². The van der Waals surface area contributed by atoms with Gasteiger partial charge >= 0.3 is 0 Å². The Morgan fingerprint density at radius 2 is 1.62 bits per heavy atom. The van der Waals surface area contributed by atoms with Gasteiger partial charge < -0.3 is 4.90 Å². The van der Waals surface area contributed by atoms with Crippen molar-refractivity contribution in [3.05, 3.63) is 105 Å². The second kappa shape index (κ2) is 8.59. The number of hydrogen-bond donors (Lipinski definition) is 0. The van der Waals surface area contributed by atoms with Crippen LogP contribution in [0.4, 0.5) is 17.1 Å². The number of nitrogens with zero attached hydrogens (tertiary/aromatic N) is 3. The Hall–Kier alpha value is -4.26. The lowest BCUT2D eigenvalue weighted by Gasteiger charge is -2.32. The number of aryl methyl sites for hydroxylation is 2. The summed E-state index contributed by atoms with van der Waals surface area (Å²) in [6, 6.07) is 21.1. The molecular formula is C27H23N3O4. The van der Waals surface area contributed by atoms with Crippen LogP contribution in [-0.4, -0.2) is 23.3 Å². The maximum atomic E-state index is 13.8. The summed E-state index contributed by atoms with van der Waals surface area (Å²) in [6.07, 6.45) is 2.60. The molecule has 170 valence electrons. The second-order valence-electron chi connectivity index (χ2n) is 8.38. The van der Waals surface area contributed by atoms with E-state index in [9.17, 15) is 19.7 Å². The molecule has 3 aromatic carbocycles. The molecule has 0 N–H and O–H groups in total. The van der Waals surface area contributed by atoms with Crippen molar-refractivity contribution in [3.8, 4) is 0 Å². The Morgan fingerprint density at radius 1 is 0.912 bits per heavy atom. The predicted octanol–water partition coefficient (Wildman–Crippen LogP) is 4.89. The highest BCUT2D eigenvalue weighted by Gasteiger charge is 2.43. The van der Waals surface area contributed by atoms with Gasteiger partial charge in [0.1, 0.15) is 5.70 Å². The first-order valence-corrected chi connectivity index (χ1v) is 11.3. The molecule has 34 heavy (non-hydrogen) atoms. The molecule has 0 unspecified atom stereocenters. The lowest BCUT2D eigenvalue weighted by Crippen LogP contribution is -2.37. The van der Waals surface area contributed by atoms with Crippen molar-refractivity contribution in [3.63, 3.8) is 0 Å². The summed E-state index contributed by atoms with van der Waals surface area (Å²) >= 11 is 0. The third kappa shape index (κ3) is 3.55. The number of amides is 2. The molecule has 5 rings (SSSR count). The maximum absolute atomic E-state index is 13.8. The largest absolute Gasteiger partial charge is 0.336 e. The fraction of sp³-hybridized carbons (Fsp3) is 0.185. The topological polar surface area (TPSA) is 83.8 Å². The van der Waals surface area contributed by atoms with Crippen LogP contribution in [0.3, 0.4) is 0 Å². The number of nitro groups is 1. The molecule has 0 radical (unpaired) electrons. The highest BCUT2D eigenvalue weighted by atomic mass is 16.6. The van der Waals surface area contributed by atoms with Crippen LogP contribution in [0.15, 0.2) is 78.5 Å². The van der Waals surface area contributed by atoms with Gasteiger partial charge in [0.05, 0.1) is 16.2 Å². The summed E-state index contributed by atoms with van der Waals surface area (Å²) in [5, 5.41) is 11.1. The zero-order chi connectivity index (χ0) is 23.8. The van der Waals surface area contributed by atoms with Crippen molar-refractivity contribution < 1.29 is 14.5 Å². The molecule has 0 spiro atoms. The van der Waals surface area contributed by atoms with Crippen molar-refractivity contribution >= 4 is 34.4 Å². The minimum absolute atomic E-state index is 0.0713. The molecule has 7 heteroatoms. The summed E-state index contributed by atoms with van der Waals surface area (Å²) in [7, 11) is 0. The van der Waals surface area contributed by atoms with Crippen LogP contribution < -0.4 is 9.80 Å². The van der Waals surface area contributed by atoms with E-state index in [2.05, 4.69) is 0 Å². The summed E-state index contributed by atoms with van der Waals surface area (Å²) < 4.78 is 0. The molecular weight excluding hydrogens is 430 g/mol. The fourth-order valence-electron chi connectivity index (χ4n) is 4.66. The van der Waals surface area contributed by atoms with E-state index in [1.807, 2.05) is 48.2 Å². The van der Waals surface area contributed by atoms with E-state index in [0.717, 1.165) is 36.1 Å². The quantitative estimate of drug-likeness (QED) is 0.312. The molecule has 0 aliphatic carbocycles. The van der Waals surface area contributed by atoms with Gasteiger partial charge in [-0.05, 0) is 66.3 Å². The lowest BCUT2D eigenvalue weighted by atomic mass is 9.98. The average molecular weight is 453 g/mol. The Morgan fingerprint density at radius 3 is 2.29 bits per heavy atom. The van der Waals surface area contributed by atoms with Crippen molar-refractivity contribution in [1.82, 2.24) is 0 Å². The number of anilines is 2. The van der Waals surface area contributed by atoms with Crippen molar-refractivity contribution in [2.24, 2.45) is 0 Å². The van der Waals surface area contributed by atoms with Crippen LogP contribution in [0.5, 0.6) is 0 Å². The average Bonchev–Trinajstić information content (AvgIpc) is 3.13. The molecule has 3 aromatic rings. The standard InChI is InChI=1S/C27H23N3O4/c1-2-18-9-13-21(14-10-18)29-26(31)24(20-11-15-22(16-12-20)30(33)34)25(27(29)32)28-17-5-7-19-6-3-4-8-23(19)28/h3-4,6,8-16H,2,5,7,17H2,1H3. The van der Waals surface area contributed by atoms with Crippen molar-refractivity contribution in [1.29, 1.82) is 0 Å². The van der Waals surface area contributed by atoms with Crippen LogP contribution in [0.1, 0.15) is 30.0 Å². The van der Waals surface area contributed by atoms with E-state index in [0.29, 0.717) is 23.5 Å². The zero-order valence-corrected chi connectivity index (χ0v) is 18.7. The van der Waals surface area contributed by atoms with Crippen molar-refractivity contribution in [2.45, 2.75) is 26.2 Å². The van der Waals surface area contributed by atoms with E-state index >= 15 is 0 Å². The number of para-hydroxylation sites is 1. The third-order valence-corrected chi connectivity index (χ3v) is 6.41. The first-order valence-electron chi connectivity index (χ1n) is 11.3. The first-order chi connectivity index (χ1) is 16.5. The molecule has 0 fully saturated rings. The molecule has 7 nitrogen and oxygen atoms in total. The van der Waals surface area contributed by atoms with Gasteiger partial charge in [-0.3, -0.25) is 19.7 Å².